The molecule has 1 saturated carbocycles. The van der Waals surface area contributed by atoms with Crippen molar-refractivity contribution < 1.29 is 14.7 Å². The van der Waals surface area contributed by atoms with Crippen LogP contribution in [0.5, 0.6) is 0 Å². The van der Waals surface area contributed by atoms with Crippen LogP contribution in [-0.4, -0.2) is 32.6 Å². The summed E-state index contributed by atoms with van der Waals surface area (Å²) in [7, 11) is 0. The molecule has 0 spiro atoms. The molecule has 6 nitrogen and oxygen atoms in total. The van der Waals surface area contributed by atoms with Gasteiger partial charge in [-0.1, -0.05) is 24.3 Å². The standard InChI is InChI=1S/C12H17N3O3S/c1-2-4-9-10(19-15-14-9)11(16)13-8-6-3-5-7(8)12(17)18/h7-8H,2-6H2,1H3,(H,13,16)(H,17,18). The molecule has 1 aliphatic rings. The summed E-state index contributed by atoms with van der Waals surface area (Å²) in [6.45, 7) is 2.01. The highest BCUT2D eigenvalue weighted by Gasteiger charge is 2.34. The molecule has 1 fully saturated rings. The number of aromatic nitrogens is 2. The van der Waals surface area contributed by atoms with Crippen molar-refractivity contribution in [1.29, 1.82) is 0 Å². The molecule has 1 heterocycles. The van der Waals surface area contributed by atoms with Crippen LogP contribution < -0.4 is 5.32 Å². The van der Waals surface area contributed by atoms with Crippen molar-refractivity contribution in [3.63, 3.8) is 0 Å². The fourth-order valence-corrected chi connectivity index (χ4v) is 3.05. The van der Waals surface area contributed by atoms with Gasteiger partial charge in [0.2, 0.25) is 0 Å². The van der Waals surface area contributed by atoms with Gasteiger partial charge in [0.1, 0.15) is 4.88 Å². The van der Waals surface area contributed by atoms with Crippen molar-refractivity contribution in [3.8, 4) is 0 Å². The molecule has 2 rings (SSSR count). The van der Waals surface area contributed by atoms with E-state index in [1.54, 1.807) is 0 Å². The van der Waals surface area contributed by atoms with E-state index in [-0.39, 0.29) is 11.9 Å². The van der Waals surface area contributed by atoms with Crippen LogP contribution in [0, 0.1) is 5.92 Å². The summed E-state index contributed by atoms with van der Waals surface area (Å²) in [4.78, 5) is 23.7. The smallest absolute Gasteiger partial charge is 0.308 e. The zero-order chi connectivity index (χ0) is 13.8. The Balaban J connectivity index is 2.04. The van der Waals surface area contributed by atoms with Crippen LogP contribution in [0.25, 0.3) is 0 Å². The minimum atomic E-state index is -0.834. The van der Waals surface area contributed by atoms with Crippen LogP contribution >= 0.6 is 11.5 Å². The number of nitrogens with one attached hydrogen (secondary N) is 1. The van der Waals surface area contributed by atoms with Gasteiger partial charge in [0.25, 0.3) is 5.91 Å². The molecule has 2 N–H and O–H groups in total. The minimum absolute atomic E-state index is 0.239. The quantitative estimate of drug-likeness (QED) is 0.853. The first-order valence-corrected chi connectivity index (χ1v) is 7.25. The minimum Gasteiger partial charge on any atom is -0.481 e. The third kappa shape index (κ3) is 3.09. The summed E-state index contributed by atoms with van der Waals surface area (Å²) >= 11 is 1.07. The Labute approximate surface area is 115 Å². The van der Waals surface area contributed by atoms with Crippen molar-refractivity contribution in [2.45, 2.75) is 45.1 Å². The predicted molar refractivity (Wildman–Crippen MR) is 70.1 cm³/mol. The molecular weight excluding hydrogens is 266 g/mol. The van der Waals surface area contributed by atoms with Gasteiger partial charge in [-0.05, 0) is 30.8 Å². The Bertz CT molecular complexity index is 475. The van der Waals surface area contributed by atoms with E-state index in [9.17, 15) is 9.59 Å². The first kappa shape index (κ1) is 13.9. The molecule has 1 aromatic rings. The Hall–Kier alpha value is -1.50. The van der Waals surface area contributed by atoms with Gasteiger partial charge in [-0.25, -0.2) is 0 Å². The van der Waals surface area contributed by atoms with Crippen LogP contribution in [0.1, 0.15) is 48.0 Å². The summed E-state index contributed by atoms with van der Waals surface area (Å²) in [6, 6.07) is -0.276. The van der Waals surface area contributed by atoms with E-state index >= 15 is 0 Å². The van der Waals surface area contributed by atoms with E-state index in [0.717, 1.165) is 30.8 Å². The van der Waals surface area contributed by atoms with Gasteiger partial charge in [0.15, 0.2) is 0 Å². The Morgan fingerprint density at radius 1 is 1.47 bits per heavy atom. The van der Waals surface area contributed by atoms with Gasteiger partial charge in [-0.2, -0.15) is 0 Å². The summed E-state index contributed by atoms with van der Waals surface area (Å²) in [5.74, 6) is -1.55. The monoisotopic (exact) mass is 283 g/mol. The lowest BCUT2D eigenvalue weighted by Crippen LogP contribution is -2.40. The molecule has 1 aliphatic carbocycles. The van der Waals surface area contributed by atoms with E-state index in [1.165, 1.54) is 0 Å². The second-order valence-corrected chi connectivity index (χ2v) is 5.51. The van der Waals surface area contributed by atoms with Gasteiger partial charge in [-0.15, -0.1) is 5.10 Å². The van der Waals surface area contributed by atoms with Crippen molar-refractivity contribution in [2.75, 3.05) is 0 Å². The number of amides is 1. The number of hydrogen-bond acceptors (Lipinski definition) is 5. The maximum absolute atomic E-state index is 12.2. The predicted octanol–water partition coefficient (Wildman–Crippen LogP) is 1.47. The van der Waals surface area contributed by atoms with Crippen molar-refractivity contribution in [1.82, 2.24) is 14.9 Å². The van der Waals surface area contributed by atoms with E-state index in [2.05, 4.69) is 14.9 Å². The number of aliphatic carboxylic acids is 1. The Morgan fingerprint density at radius 2 is 2.26 bits per heavy atom. The maximum Gasteiger partial charge on any atom is 0.308 e. The van der Waals surface area contributed by atoms with Gasteiger partial charge in [-0.3, -0.25) is 9.59 Å². The normalized spacial score (nSPS) is 22.4. The highest BCUT2D eigenvalue weighted by molar-refractivity contribution is 7.08. The summed E-state index contributed by atoms with van der Waals surface area (Å²) in [6.07, 6.45) is 3.80. The molecule has 104 valence electrons. The van der Waals surface area contributed by atoms with Gasteiger partial charge in [0.05, 0.1) is 11.6 Å². The third-order valence-electron chi connectivity index (χ3n) is 3.40. The molecule has 0 radical (unpaired) electrons. The molecule has 0 bridgehead atoms. The van der Waals surface area contributed by atoms with Crippen molar-refractivity contribution >= 4 is 23.4 Å². The molecule has 2 atom stereocenters. The van der Waals surface area contributed by atoms with Gasteiger partial charge >= 0.3 is 5.97 Å². The Kier molecular flexibility index (Phi) is 4.47. The molecule has 7 heteroatoms. The number of carbonyl (C=O) groups is 2. The Morgan fingerprint density at radius 3 is 2.95 bits per heavy atom. The molecule has 0 aromatic carbocycles. The zero-order valence-electron chi connectivity index (χ0n) is 10.8. The third-order valence-corrected chi connectivity index (χ3v) is 4.17. The lowest BCUT2D eigenvalue weighted by Gasteiger charge is -2.17. The van der Waals surface area contributed by atoms with Crippen LogP contribution in [0.4, 0.5) is 0 Å². The first-order valence-electron chi connectivity index (χ1n) is 6.48. The van der Waals surface area contributed by atoms with E-state index in [1.807, 2.05) is 6.92 Å². The number of aryl methyl sites for hydroxylation is 1. The molecule has 2 unspecified atom stereocenters. The number of carbonyl (C=O) groups excluding carboxylic acids is 1. The number of carboxylic acids is 1. The zero-order valence-corrected chi connectivity index (χ0v) is 11.6. The largest absolute Gasteiger partial charge is 0.481 e. The maximum atomic E-state index is 12.2. The highest BCUT2D eigenvalue weighted by Crippen LogP contribution is 2.26. The van der Waals surface area contributed by atoms with Crippen LogP contribution in [-0.2, 0) is 11.2 Å². The van der Waals surface area contributed by atoms with Gasteiger partial charge in [0, 0.05) is 6.04 Å². The fourth-order valence-electron chi connectivity index (χ4n) is 2.44. The molecule has 1 amide bonds. The lowest BCUT2D eigenvalue weighted by molar-refractivity contribution is -0.142. The average Bonchev–Trinajstić information content (AvgIpc) is 2.98. The van der Waals surface area contributed by atoms with Gasteiger partial charge < -0.3 is 10.4 Å². The highest BCUT2D eigenvalue weighted by atomic mass is 32.1. The number of hydrogen-bond donors (Lipinski definition) is 2. The molecule has 0 aliphatic heterocycles. The molecule has 0 saturated heterocycles. The number of carboxylic acid groups (broad SMARTS) is 1. The van der Waals surface area contributed by atoms with Crippen LogP contribution in [0.2, 0.25) is 0 Å². The first-order chi connectivity index (χ1) is 9.13. The second-order valence-electron chi connectivity index (χ2n) is 4.75. The molecule has 1 aromatic heterocycles. The SMILES string of the molecule is CCCc1nnsc1C(=O)NC1CCCC1C(=O)O. The summed E-state index contributed by atoms with van der Waals surface area (Å²) in [5, 5.41) is 15.9. The van der Waals surface area contributed by atoms with Crippen LogP contribution in [0.15, 0.2) is 0 Å². The average molecular weight is 283 g/mol. The van der Waals surface area contributed by atoms with Crippen molar-refractivity contribution in [2.24, 2.45) is 5.92 Å². The number of rotatable bonds is 5. The summed E-state index contributed by atoms with van der Waals surface area (Å²) < 4.78 is 3.81. The van der Waals surface area contributed by atoms with E-state index < -0.39 is 11.9 Å². The molecule has 19 heavy (non-hydrogen) atoms. The van der Waals surface area contributed by atoms with Crippen LogP contribution in [0.3, 0.4) is 0 Å². The van der Waals surface area contributed by atoms with E-state index in [0.29, 0.717) is 23.4 Å². The topological polar surface area (TPSA) is 92.2 Å². The summed E-state index contributed by atoms with van der Waals surface area (Å²) in [5.41, 5.74) is 0.704. The fraction of sp³-hybridized carbons (Fsp3) is 0.667. The number of nitrogens with zero attached hydrogens (tertiary/aromatic N) is 2. The second kappa shape index (κ2) is 6.10. The van der Waals surface area contributed by atoms with E-state index in [4.69, 9.17) is 5.11 Å². The molecular formula is C12H17N3O3S. The lowest BCUT2D eigenvalue weighted by atomic mass is 10.0. The van der Waals surface area contributed by atoms with Crippen molar-refractivity contribution in [3.05, 3.63) is 10.6 Å².